The maximum atomic E-state index is 9.76. The first-order valence-electron chi connectivity index (χ1n) is 5.88. The second kappa shape index (κ2) is 5.19. The van der Waals surface area contributed by atoms with E-state index in [9.17, 15) is 5.11 Å². The van der Waals surface area contributed by atoms with Crippen molar-refractivity contribution in [3.63, 3.8) is 0 Å². The van der Waals surface area contributed by atoms with Crippen LogP contribution in [-0.4, -0.2) is 17.7 Å². The zero-order chi connectivity index (χ0) is 11.5. The number of benzene rings is 1. The highest BCUT2D eigenvalue weighted by Gasteiger charge is 2.14. The highest BCUT2D eigenvalue weighted by molar-refractivity contribution is 9.10. The minimum Gasteiger partial charge on any atom is -0.508 e. The maximum Gasteiger partial charge on any atom is 0.119 e. The second-order valence-corrected chi connectivity index (χ2v) is 5.43. The summed E-state index contributed by atoms with van der Waals surface area (Å²) in [7, 11) is 0. The molecule has 0 spiro atoms. The highest BCUT2D eigenvalue weighted by Crippen LogP contribution is 2.28. The van der Waals surface area contributed by atoms with Crippen molar-refractivity contribution in [1.82, 2.24) is 5.32 Å². The van der Waals surface area contributed by atoms with Crippen molar-refractivity contribution in [3.8, 4) is 5.75 Å². The van der Waals surface area contributed by atoms with Gasteiger partial charge >= 0.3 is 0 Å². The summed E-state index contributed by atoms with van der Waals surface area (Å²) >= 11 is 3.48. The van der Waals surface area contributed by atoms with Crippen molar-refractivity contribution in [3.05, 3.63) is 27.7 Å². The molecule has 0 bridgehead atoms. The molecule has 2 rings (SSSR count). The first-order valence-corrected chi connectivity index (χ1v) is 6.67. The van der Waals surface area contributed by atoms with Crippen LogP contribution < -0.4 is 5.32 Å². The summed E-state index contributed by atoms with van der Waals surface area (Å²) in [5.41, 5.74) is 2.12. The Bertz CT molecular complexity index is 349. The average molecular weight is 284 g/mol. The number of phenolic OH excluding ortho intramolecular Hbond substituents is 1. The van der Waals surface area contributed by atoms with Crippen molar-refractivity contribution < 1.29 is 5.11 Å². The molecule has 1 heterocycles. The predicted octanol–water partition coefficient (Wildman–Crippen LogP) is 3.15. The quantitative estimate of drug-likeness (QED) is 0.874. The average Bonchev–Trinajstić information content (AvgIpc) is 2.27. The largest absolute Gasteiger partial charge is 0.508 e. The second-order valence-electron chi connectivity index (χ2n) is 4.57. The molecule has 3 heteroatoms. The summed E-state index contributed by atoms with van der Waals surface area (Å²) in [5.74, 6) is 0.389. The van der Waals surface area contributed by atoms with Crippen LogP contribution in [0.4, 0.5) is 0 Å². The zero-order valence-electron chi connectivity index (χ0n) is 9.59. The Morgan fingerprint density at radius 2 is 2.25 bits per heavy atom. The molecule has 1 saturated heterocycles. The standard InChI is InChI=1S/C13H18BrNO/c1-9-12(14)7-10(8-13(9)16)6-11-4-2-3-5-15-11/h7-8,11,15-16H,2-6H2,1H3. The Labute approximate surface area is 105 Å². The molecule has 1 aromatic carbocycles. The Balaban J connectivity index is 2.09. The van der Waals surface area contributed by atoms with E-state index in [-0.39, 0.29) is 0 Å². The van der Waals surface area contributed by atoms with E-state index < -0.39 is 0 Å². The van der Waals surface area contributed by atoms with Crippen molar-refractivity contribution in [1.29, 1.82) is 0 Å². The summed E-state index contributed by atoms with van der Waals surface area (Å²) in [5, 5.41) is 13.3. The van der Waals surface area contributed by atoms with Crippen LogP contribution >= 0.6 is 15.9 Å². The molecule has 1 aromatic rings. The molecule has 0 amide bonds. The molecule has 2 N–H and O–H groups in total. The van der Waals surface area contributed by atoms with E-state index in [0.29, 0.717) is 11.8 Å². The van der Waals surface area contributed by atoms with E-state index in [2.05, 4.69) is 27.3 Å². The maximum absolute atomic E-state index is 9.76. The number of piperidine rings is 1. The SMILES string of the molecule is Cc1c(O)cc(CC2CCCCN2)cc1Br. The van der Waals surface area contributed by atoms with Gasteiger partial charge in [0.25, 0.3) is 0 Å². The van der Waals surface area contributed by atoms with Crippen LogP contribution in [0.25, 0.3) is 0 Å². The molecule has 2 nitrogen and oxygen atoms in total. The molecule has 1 atom stereocenters. The van der Waals surface area contributed by atoms with Crippen LogP contribution in [0.2, 0.25) is 0 Å². The zero-order valence-corrected chi connectivity index (χ0v) is 11.2. The molecular weight excluding hydrogens is 266 g/mol. The summed E-state index contributed by atoms with van der Waals surface area (Å²) < 4.78 is 0.998. The van der Waals surface area contributed by atoms with E-state index in [4.69, 9.17) is 0 Å². The summed E-state index contributed by atoms with van der Waals surface area (Å²) in [6.07, 6.45) is 4.86. The third-order valence-electron chi connectivity index (χ3n) is 3.27. The smallest absolute Gasteiger partial charge is 0.119 e. The molecule has 1 fully saturated rings. The number of phenols is 1. The topological polar surface area (TPSA) is 32.3 Å². The Kier molecular flexibility index (Phi) is 3.87. The van der Waals surface area contributed by atoms with Gasteiger partial charge in [-0.2, -0.15) is 0 Å². The molecular formula is C13H18BrNO. The minimum atomic E-state index is 0.389. The Hall–Kier alpha value is -0.540. The highest BCUT2D eigenvalue weighted by atomic mass is 79.9. The number of halogens is 1. The van der Waals surface area contributed by atoms with Gasteiger partial charge < -0.3 is 10.4 Å². The van der Waals surface area contributed by atoms with Gasteiger partial charge in [0.1, 0.15) is 5.75 Å². The minimum absolute atomic E-state index is 0.389. The van der Waals surface area contributed by atoms with Crippen LogP contribution in [-0.2, 0) is 6.42 Å². The molecule has 16 heavy (non-hydrogen) atoms. The lowest BCUT2D eigenvalue weighted by Gasteiger charge is -2.23. The number of hydrogen-bond acceptors (Lipinski definition) is 2. The van der Waals surface area contributed by atoms with E-state index in [1.54, 1.807) is 0 Å². The predicted molar refractivity (Wildman–Crippen MR) is 69.9 cm³/mol. The van der Waals surface area contributed by atoms with E-state index >= 15 is 0 Å². The fourth-order valence-corrected chi connectivity index (χ4v) is 2.72. The van der Waals surface area contributed by atoms with Crippen molar-refractivity contribution >= 4 is 15.9 Å². The molecule has 88 valence electrons. The lowest BCUT2D eigenvalue weighted by molar-refractivity contribution is 0.398. The lowest BCUT2D eigenvalue weighted by Crippen LogP contribution is -2.35. The molecule has 0 saturated carbocycles. The Morgan fingerprint density at radius 1 is 1.44 bits per heavy atom. The molecule has 1 unspecified atom stereocenters. The van der Waals surface area contributed by atoms with Gasteiger partial charge in [-0.25, -0.2) is 0 Å². The molecule has 1 aliphatic rings. The van der Waals surface area contributed by atoms with Crippen LogP contribution in [0.1, 0.15) is 30.4 Å². The van der Waals surface area contributed by atoms with Crippen molar-refractivity contribution in [2.75, 3.05) is 6.54 Å². The van der Waals surface area contributed by atoms with E-state index in [1.807, 2.05) is 13.0 Å². The molecule has 0 aliphatic carbocycles. The van der Waals surface area contributed by atoms with Gasteiger partial charge in [0.15, 0.2) is 0 Å². The summed E-state index contributed by atoms with van der Waals surface area (Å²) in [4.78, 5) is 0. The van der Waals surface area contributed by atoms with Gasteiger partial charge in [0, 0.05) is 16.1 Å². The summed E-state index contributed by atoms with van der Waals surface area (Å²) in [6, 6.07) is 4.57. The fraction of sp³-hybridized carbons (Fsp3) is 0.538. The third kappa shape index (κ3) is 2.77. The van der Waals surface area contributed by atoms with Crippen LogP contribution in [0.15, 0.2) is 16.6 Å². The van der Waals surface area contributed by atoms with Crippen LogP contribution in [0, 0.1) is 6.92 Å². The molecule has 1 aliphatic heterocycles. The van der Waals surface area contributed by atoms with E-state index in [0.717, 1.165) is 23.0 Å². The monoisotopic (exact) mass is 283 g/mol. The number of rotatable bonds is 2. The van der Waals surface area contributed by atoms with Crippen LogP contribution in [0.3, 0.4) is 0 Å². The van der Waals surface area contributed by atoms with Gasteiger partial charge in [0.05, 0.1) is 0 Å². The normalized spacial score (nSPS) is 21.0. The first kappa shape index (κ1) is 11.9. The van der Waals surface area contributed by atoms with Crippen LogP contribution in [0.5, 0.6) is 5.75 Å². The van der Waals surface area contributed by atoms with Gasteiger partial charge in [-0.15, -0.1) is 0 Å². The van der Waals surface area contributed by atoms with Gasteiger partial charge in [-0.3, -0.25) is 0 Å². The Morgan fingerprint density at radius 3 is 2.88 bits per heavy atom. The third-order valence-corrected chi connectivity index (χ3v) is 4.09. The van der Waals surface area contributed by atoms with Crippen molar-refractivity contribution in [2.45, 2.75) is 38.6 Å². The summed E-state index contributed by atoms with van der Waals surface area (Å²) in [6.45, 7) is 3.05. The number of hydrogen-bond donors (Lipinski definition) is 2. The fourth-order valence-electron chi connectivity index (χ4n) is 2.22. The number of nitrogens with one attached hydrogen (secondary N) is 1. The van der Waals surface area contributed by atoms with Crippen molar-refractivity contribution in [2.24, 2.45) is 0 Å². The first-order chi connectivity index (χ1) is 7.66. The molecule has 0 aromatic heterocycles. The van der Waals surface area contributed by atoms with Gasteiger partial charge in [0.2, 0.25) is 0 Å². The lowest BCUT2D eigenvalue weighted by atomic mass is 9.97. The van der Waals surface area contributed by atoms with Gasteiger partial charge in [-0.05, 0) is 50.4 Å². The molecule has 0 radical (unpaired) electrons. The number of aromatic hydroxyl groups is 1. The van der Waals surface area contributed by atoms with Gasteiger partial charge in [-0.1, -0.05) is 22.4 Å². The van der Waals surface area contributed by atoms with E-state index in [1.165, 1.54) is 24.8 Å².